The molecule has 0 bridgehead atoms. The summed E-state index contributed by atoms with van der Waals surface area (Å²) < 4.78 is 5.10. The molecule has 0 saturated carbocycles. The van der Waals surface area contributed by atoms with Crippen LogP contribution >= 0.6 is 11.6 Å². The van der Waals surface area contributed by atoms with Crippen LogP contribution in [0.1, 0.15) is 16.8 Å². The summed E-state index contributed by atoms with van der Waals surface area (Å²) in [6.07, 6.45) is 0.971. The van der Waals surface area contributed by atoms with Gasteiger partial charge in [-0.2, -0.15) is 0 Å². The molecule has 21 heavy (non-hydrogen) atoms. The SMILES string of the molecule is COCCN1CCCN(C(=O)c2ccc(Cl)c(N)c2)CC1. The number of methoxy groups -OCH3 is 1. The van der Waals surface area contributed by atoms with Crippen LogP contribution in [0.25, 0.3) is 0 Å². The maximum absolute atomic E-state index is 12.5. The van der Waals surface area contributed by atoms with Crippen molar-refractivity contribution in [2.45, 2.75) is 6.42 Å². The lowest BCUT2D eigenvalue weighted by Gasteiger charge is -2.22. The van der Waals surface area contributed by atoms with Crippen LogP contribution in [-0.4, -0.2) is 62.1 Å². The molecule has 1 aliphatic rings. The Balaban J connectivity index is 1.98. The number of rotatable bonds is 4. The van der Waals surface area contributed by atoms with Gasteiger partial charge in [-0.25, -0.2) is 0 Å². The van der Waals surface area contributed by atoms with Gasteiger partial charge in [0, 0.05) is 38.9 Å². The Morgan fingerprint density at radius 2 is 2.14 bits per heavy atom. The Morgan fingerprint density at radius 3 is 2.86 bits per heavy atom. The number of hydrogen-bond donors (Lipinski definition) is 1. The van der Waals surface area contributed by atoms with Gasteiger partial charge in [-0.15, -0.1) is 0 Å². The number of halogens is 1. The minimum atomic E-state index is 0.0203. The molecule has 0 unspecified atom stereocenters. The van der Waals surface area contributed by atoms with Crippen LogP contribution in [0.5, 0.6) is 0 Å². The highest BCUT2D eigenvalue weighted by molar-refractivity contribution is 6.33. The Bertz CT molecular complexity index is 496. The summed E-state index contributed by atoms with van der Waals surface area (Å²) in [5.74, 6) is 0.0203. The summed E-state index contributed by atoms with van der Waals surface area (Å²) in [5, 5.41) is 0.480. The summed E-state index contributed by atoms with van der Waals surface area (Å²) in [6, 6.07) is 5.06. The van der Waals surface area contributed by atoms with E-state index in [9.17, 15) is 4.79 Å². The lowest BCUT2D eigenvalue weighted by molar-refractivity contribution is 0.0759. The Morgan fingerprint density at radius 1 is 1.33 bits per heavy atom. The smallest absolute Gasteiger partial charge is 0.253 e. The molecule has 2 rings (SSSR count). The fourth-order valence-electron chi connectivity index (χ4n) is 2.48. The fourth-order valence-corrected chi connectivity index (χ4v) is 2.59. The molecular formula is C15H22ClN3O2. The van der Waals surface area contributed by atoms with Crippen LogP contribution in [0.4, 0.5) is 5.69 Å². The highest BCUT2D eigenvalue weighted by Gasteiger charge is 2.20. The van der Waals surface area contributed by atoms with E-state index >= 15 is 0 Å². The van der Waals surface area contributed by atoms with Crippen molar-refractivity contribution >= 4 is 23.2 Å². The van der Waals surface area contributed by atoms with Gasteiger partial charge in [0.25, 0.3) is 5.91 Å². The number of benzene rings is 1. The third-order valence-electron chi connectivity index (χ3n) is 3.73. The van der Waals surface area contributed by atoms with Gasteiger partial charge in [0.15, 0.2) is 0 Å². The molecule has 1 heterocycles. The average molecular weight is 312 g/mol. The largest absolute Gasteiger partial charge is 0.398 e. The van der Waals surface area contributed by atoms with Gasteiger partial charge in [-0.05, 0) is 31.2 Å². The van der Waals surface area contributed by atoms with Crippen LogP contribution in [0.2, 0.25) is 5.02 Å². The molecule has 0 atom stereocenters. The molecule has 1 aromatic carbocycles. The number of nitrogens with two attached hydrogens (primary N) is 1. The lowest BCUT2D eigenvalue weighted by Crippen LogP contribution is -2.36. The molecule has 1 aromatic rings. The summed E-state index contributed by atoms with van der Waals surface area (Å²) in [4.78, 5) is 16.7. The molecule has 0 aliphatic carbocycles. The molecule has 2 N–H and O–H groups in total. The van der Waals surface area contributed by atoms with E-state index in [1.807, 2.05) is 4.90 Å². The minimum Gasteiger partial charge on any atom is -0.398 e. The molecular weight excluding hydrogens is 290 g/mol. The molecule has 0 radical (unpaired) electrons. The normalized spacial score (nSPS) is 16.8. The third kappa shape index (κ3) is 4.33. The number of anilines is 1. The Hall–Kier alpha value is -1.30. The number of amides is 1. The number of ether oxygens (including phenoxy) is 1. The molecule has 1 fully saturated rings. The van der Waals surface area contributed by atoms with E-state index in [1.165, 1.54) is 0 Å². The van der Waals surface area contributed by atoms with Crippen molar-refractivity contribution in [3.8, 4) is 0 Å². The second-order valence-electron chi connectivity index (χ2n) is 5.22. The van der Waals surface area contributed by atoms with E-state index in [0.29, 0.717) is 16.3 Å². The second-order valence-corrected chi connectivity index (χ2v) is 5.62. The zero-order valence-electron chi connectivity index (χ0n) is 12.3. The van der Waals surface area contributed by atoms with Gasteiger partial charge >= 0.3 is 0 Å². The number of hydrogen-bond acceptors (Lipinski definition) is 4. The number of carbonyl (C=O) groups is 1. The van der Waals surface area contributed by atoms with Gasteiger partial charge < -0.3 is 15.4 Å². The van der Waals surface area contributed by atoms with Gasteiger partial charge in [-0.1, -0.05) is 11.6 Å². The van der Waals surface area contributed by atoms with Crippen molar-refractivity contribution in [1.82, 2.24) is 9.80 Å². The highest BCUT2D eigenvalue weighted by Crippen LogP contribution is 2.20. The summed E-state index contributed by atoms with van der Waals surface area (Å²) in [6.45, 7) is 5.00. The Labute approximate surface area is 130 Å². The van der Waals surface area contributed by atoms with Crippen molar-refractivity contribution < 1.29 is 9.53 Å². The van der Waals surface area contributed by atoms with E-state index in [1.54, 1.807) is 25.3 Å². The topological polar surface area (TPSA) is 58.8 Å². The second kappa shape index (κ2) is 7.64. The third-order valence-corrected chi connectivity index (χ3v) is 4.07. The van der Waals surface area contributed by atoms with Crippen molar-refractivity contribution in [1.29, 1.82) is 0 Å². The molecule has 0 aromatic heterocycles. The van der Waals surface area contributed by atoms with E-state index in [4.69, 9.17) is 22.1 Å². The zero-order valence-corrected chi connectivity index (χ0v) is 13.1. The number of nitrogens with zero attached hydrogens (tertiary/aromatic N) is 2. The van der Waals surface area contributed by atoms with E-state index in [0.717, 1.165) is 45.8 Å². The van der Waals surface area contributed by atoms with Crippen molar-refractivity contribution in [3.05, 3.63) is 28.8 Å². The van der Waals surface area contributed by atoms with Crippen molar-refractivity contribution in [3.63, 3.8) is 0 Å². The van der Waals surface area contributed by atoms with Gasteiger partial charge in [-0.3, -0.25) is 9.69 Å². The predicted octanol–water partition coefficient (Wildman–Crippen LogP) is 1.72. The fraction of sp³-hybridized carbons (Fsp3) is 0.533. The number of nitrogen functional groups attached to an aromatic ring is 1. The first kappa shape index (κ1) is 16.1. The maximum atomic E-state index is 12.5. The van der Waals surface area contributed by atoms with Crippen LogP contribution in [-0.2, 0) is 4.74 Å². The summed E-state index contributed by atoms with van der Waals surface area (Å²) in [7, 11) is 1.71. The summed E-state index contributed by atoms with van der Waals surface area (Å²) in [5.41, 5.74) is 6.81. The molecule has 1 aliphatic heterocycles. The molecule has 1 saturated heterocycles. The molecule has 0 spiro atoms. The molecule has 116 valence electrons. The van der Waals surface area contributed by atoms with Crippen molar-refractivity contribution in [2.75, 3.05) is 52.2 Å². The van der Waals surface area contributed by atoms with Crippen molar-refractivity contribution in [2.24, 2.45) is 0 Å². The van der Waals surface area contributed by atoms with Gasteiger partial charge in [0.2, 0.25) is 0 Å². The number of carbonyl (C=O) groups excluding carboxylic acids is 1. The standard InChI is InChI=1S/C15H22ClN3O2/c1-21-10-9-18-5-2-6-19(8-7-18)15(20)12-3-4-13(16)14(17)11-12/h3-4,11H,2,5-10,17H2,1H3. The highest BCUT2D eigenvalue weighted by atomic mass is 35.5. The first-order valence-corrected chi connectivity index (χ1v) is 7.55. The van der Waals surface area contributed by atoms with E-state index in [2.05, 4.69) is 4.90 Å². The summed E-state index contributed by atoms with van der Waals surface area (Å²) >= 11 is 5.90. The minimum absolute atomic E-state index is 0.0203. The monoisotopic (exact) mass is 311 g/mol. The van der Waals surface area contributed by atoms with Crippen LogP contribution in [0, 0.1) is 0 Å². The quantitative estimate of drug-likeness (QED) is 0.860. The van der Waals surface area contributed by atoms with Crippen LogP contribution in [0.3, 0.4) is 0 Å². The average Bonchev–Trinajstić information content (AvgIpc) is 2.73. The van der Waals surface area contributed by atoms with Gasteiger partial charge in [0.05, 0.1) is 17.3 Å². The Kier molecular flexibility index (Phi) is 5.85. The first-order chi connectivity index (χ1) is 10.1. The molecule has 5 nitrogen and oxygen atoms in total. The van der Waals surface area contributed by atoms with E-state index in [-0.39, 0.29) is 5.91 Å². The van der Waals surface area contributed by atoms with E-state index < -0.39 is 0 Å². The predicted molar refractivity (Wildman–Crippen MR) is 84.7 cm³/mol. The first-order valence-electron chi connectivity index (χ1n) is 7.17. The lowest BCUT2D eigenvalue weighted by atomic mass is 10.1. The zero-order chi connectivity index (χ0) is 15.2. The van der Waals surface area contributed by atoms with Crippen LogP contribution < -0.4 is 5.73 Å². The maximum Gasteiger partial charge on any atom is 0.253 e. The molecule has 6 heteroatoms. The van der Waals surface area contributed by atoms with Gasteiger partial charge in [0.1, 0.15) is 0 Å². The van der Waals surface area contributed by atoms with Crippen LogP contribution in [0.15, 0.2) is 18.2 Å². The molecule has 1 amide bonds.